The number of hydrogen-bond donors (Lipinski definition) is 0. The number of likely N-dealkylation sites (tertiary alicyclic amines) is 2. The van der Waals surface area contributed by atoms with Crippen LogP contribution in [0.4, 0.5) is 0 Å². The molecule has 2 amide bonds. The van der Waals surface area contributed by atoms with E-state index in [1.165, 1.54) is 0 Å². The van der Waals surface area contributed by atoms with E-state index < -0.39 is 0 Å². The first-order chi connectivity index (χ1) is 11.5. The van der Waals surface area contributed by atoms with Crippen LogP contribution in [0.15, 0.2) is 24.3 Å². The maximum absolute atomic E-state index is 13.1. The highest BCUT2D eigenvalue weighted by Gasteiger charge is 2.54. The number of rotatable bonds is 2. The SMILES string of the molecule is CN1C(=O)CCC12CCN(C(=O)C1(c3ccc(Cl)cc3)CC1)CC2. The molecule has 2 saturated heterocycles. The molecule has 3 aliphatic rings. The highest BCUT2D eigenvalue weighted by molar-refractivity contribution is 6.30. The molecule has 1 spiro atoms. The number of piperidine rings is 1. The normalized spacial score (nSPS) is 24.5. The molecule has 4 rings (SSSR count). The number of halogens is 1. The summed E-state index contributed by atoms with van der Waals surface area (Å²) in [6.07, 6.45) is 5.24. The van der Waals surface area contributed by atoms with Gasteiger partial charge in [0.15, 0.2) is 0 Å². The van der Waals surface area contributed by atoms with E-state index in [9.17, 15) is 9.59 Å². The Balaban J connectivity index is 1.47. The summed E-state index contributed by atoms with van der Waals surface area (Å²) in [5, 5.41) is 0.704. The molecule has 3 fully saturated rings. The fourth-order valence-electron chi connectivity index (χ4n) is 4.47. The fraction of sp³-hybridized carbons (Fsp3) is 0.579. The fourth-order valence-corrected chi connectivity index (χ4v) is 4.60. The van der Waals surface area contributed by atoms with Gasteiger partial charge in [0.1, 0.15) is 0 Å². The first-order valence-electron chi connectivity index (χ1n) is 8.79. The molecule has 0 atom stereocenters. The van der Waals surface area contributed by atoms with Crippen LogP contribution in [0, 0.1) is 0 Å². The molecule has 2 aliphatic heterocycles. The summed E-state index contributed by atoms with van der Waals surface area (Å²) in [5.74, 6) is 0.501. The second-order valence-electron chi connectivity index (χ2n) is 7.56. The molecule has 128 valence electrons. The molecule has 0 aromatic heterocycles. The van der Waals surface area contributed by atoms with Gasteiger partial charge in [-0.15, -0.1) is 0 Å². The van der Waals surface area contributed by atoms with Gasteiger partial charge < -0.3 is 9.80 Å². The molecule has 1 saturated carbocycles. The highest BCUT2D eigenvalue weighted by Crippen LogP contribution is 2.50. The average Bonchev–Trinajstić information content (AvgIpc) is 3.36. The molecule has 0 bridgehead atoms. The van der Waals surface area contributed by atoms with Crippen molar-refractivity contribution in [1.82, 2.24) is 9.80 Å². The Bertz CT molecular complexity index is 673. The van der Waals surface area contributed by atoms with Gasteiger partial charge in [0.05, 0.1) is 5.41 Å². The Morgan fingerprint density at radius 1 is 1.04 bits per heavy atom. The van der Waals surface area contributed by atoms with Crippen molar-refractivity contribution in [1.29, 1.82) is 0 Å². The van der Waals surface area contributed by atoms with Gasteiger partial charge in [-0.3, -0.25) is 9.59 Å². The second-order valence-corrected chi connectivity index (χ2v) is 7.99. The summed E-state index contributed by atoms with van der Waals surface area (Å²) in [5.41, 5.74) is 0.752. The van der Waals surface area contributed by atoms with E-state index in [-0.39, 0.29) is 22.8 Å². The number of benzene rings is 1. The monoisotopic (exact) mass is 346 g/mol. The largest absolute Gasteiger partial charge is 0.342 e. The molecule has 0 N–H and O–H groups in total. The summed E-state index contributed by atoms with van der Waals surface area (Å²) in [4.78, 5) is 29.0. The minimum atomic E-state index is -0.327. The molecule has 4 nitrogen and oxygen atoms in total. The van der Waals surface area contributed by atoms with Crippen LogP contribution in [0.1, 0.15) is 44.1 Å². The molecule has 0 radical (unpaired) electrons. The molecule has 5 heteroatoms. The molecular formula is C19H23ClN2O2. The number of hydrogen-bond acceptors (Lipinski definition) is 2. The summed E-state index contributed by atoms with van der Waals surface area (Å²) >= 11 is 5.98. The third-order valence-corrected chi connectivity index (χ3v) is 6.68. The lowest BCUT2D eigenvalue weighted by Crippen LogP contribution is -2.54. The highest BCUT2D eigenvalue weighted by atomic mass is 35.5. The third-order valence-electron chi connectivity index (χ3n) is 6.43. The Morgan fingerprint density at radius 3 is 2.17 bits per heavy atom. The van der Waals surface area contributed by atoms with Crippen molar-refractivity contribution < 1.29 is 9.59 Å². The van der Waals surface area contributed by atoms with Gasteiger partial charge in [-0.1, -0.05) is 23.7 Å². The van der Waals surface area contributed by atoms with Crippen molar-refractivity contribution in [3.05, 3.63) is 34.9 Å². The van der Waals surface area contributed by atoms with Crippen LogP contribution in [-0.4, -0.2) is 47.3 Å². The van der Waals surface area contributed by atoms with Crippen LogP contribution in [0.5, 0.6) is 0 Å². The topological polar surface area (TPSA) is 40.6 Å². The van der Waals surface area contributed by atoms with E-state index in [1.807, 2.05) is 41.1 Å². The first kappa shape index (κ1) is 15.9. The molecule has 0 unspecified atom stereocenters. The number of amides is 2. The molecule has 24 heavy (non-hydrogen) atoms. The van der Waals surface area contributed by atoms with Crippen LogP contribution < -0.4 is 0 Å². The summed E-state index contributed by atoms with van der Waals surface area (Å²) in [6.45, 7) is 1.51. The van der Waals surface area contributed by atoms with E-state index in [0.29, 0.717) is 11.4 Å². The minimum Gasteiger partial charge on any atom is -0.342 e. The van der Waals surface area contributed by atoms with Crippen LogP contribution in [0.2, 0.25) is 5.02 Å². The van der Waals surface area contributed by atoms with Gasteiger partial charge in [-0.2, -0.15) is 0 Å². The third kappa shape index (κ3) is 2.34. The Hall–Kier alpha value is -1.55. The van der Waals surface area contributed by atoms with Gasteiger partial charge in [0.25, 0.3) is 0 Å². The molecule has 1 aromatic rings. The van der Waals surface area contributed by atoms with E-state index in [0.717, 1.165) is 50.8 Å². The lowest BCUT2D eigenvalue weighted by Gasteiger charge is -2.44. The maximum Gasteiger partial charge on any atom is 0.233 e. The number of carbonyl (C=O) groups excluding carboxylic acids is 2. The predicted octanol–water partition coefficient (Wildman–Crippen LogP) is 2.99. The standard InChI is InChI=1S/C19H23ClN2O2/c1-21-16(23)6-7-18(21)10-12-22(13-11-18)17(24)19(8-9-19)14-2-4-15(20)5-3-14/h2-5H,6-13H2,1H3. The number of nitrogens with zero attached hydrogens (tertiary/aromatic N) is 2. The van der Waals surface area contributed by atoms with E-state index in [1.54, 1.807) is 0 Å². The predicted molar refractivity (Wildman–Crippen MR) is 92.9 cm³/mol. The van der Waals surface area contributed by atoms with Gasteiger partial charge >= 0.3 is 0 Å². The quantitative estimate of drug-likeness (QED) is 0.826. The van der Waals surface area contributed by atoms with E-state index >= 15 is 0 Å². The Morgan fingerprint density at radius 2 is 1.67 bits per heavy atom. The lowest BCUT2D eigenvalue weighted by atomic mass is 9.84. The molecule has 1 aliphatic carbocycles. The van der Waals surface area contributed by atoms with E-state index in [2.05, 4.69) is 0 Å². The van der Waals surface area contributed by atoms with Crippen LogP contribution in [0.3, 0.4) is 0 Å². The van der Waals surface area contributed by atoms with Crippen LogP contribution >= 0.6 is 11.6 Å². The van der Waals surface area contributed by atoms with Crippen molar-refractivity contribution in [3.63, 3.8) is 0 Å². The summed E-state index contributed by atoms with van der Waals surface area (Å²) in [6, 6.07) is 7.72. The summed E-state index contributed by atoms with van der Waals surface area (Å²) < 4.78 is 0. The Kier molecular flexibility index (Phi) is 3.64. The van der Waals surface area contributed by atoms with E-state index in [4.69, 9.17) is 11.6 Å². The first-order valence-corrected chi connectivity index (χ1v) is 9.17. The smallest absolute Gasteiger partial charge is 0.233 e. The summed E-state index contributed by atoms with van der Waals surface area (Å²) in [7, 11) is 1.92. The molecule has 1 aromatic carbocycles. The van der Waals surface area contributed by atoms with Crippen molar-refractivity contribution in [2.24, 2.45) is 0 Å². The van der Waals surface area contributed by atoms with Gasteiger partial charge in [0, 0.05) is 37.1 Å². The van der Waals surface area contributed by atoms with Crippen molar-refractivity contribution >= 4 is 23.4 Å². The minimum absolute atomic E-state index is 0.00908. The molecular weight excluding hydrogens is 324 g/mol. The Labute approximate surface area is 147 Å². The lowest BCUT2D eigenvalue weighted by molar-refractivity contribution is -0.137. The zero-order valence-corrected chi connectivity index (χ0v) is 14.8. The van der Waals surface area contributed by atoms with Gasteiger partial charge in [-0.05, 0) is 49.8 Å². The van der Waals surface area contributed by atoms with Crippen molar-refractivity contribution in [2.75, 3.05) is 20.1 Å². The zero-order chi connectivity index (χ0) is 16.9. The van der Waals surface area contributed by atoms with Gasteiger partial charge in [-0.25, -0.2) is 0 Å². The van der Waals surface area contributed by atoms with Crippen LogP contribution in [0.25, 0.3) is 0 Å². The van der Waals surface area contributed by atoms with Crippen molar-refractivity contribution in [3.8, 4) is 0 Å². The maximum atomic E-state index is 13.1. The number of carbonyl (C=O) groups is 2. The van der Waals surface area contributed by atoms with Crippen LogP contribution in [-0.2, 0) is 15.0 Å². The van der Waals surface area contributed by atoms with Gasteiger partial charge in [0.2, 0.25) is 11.8 Å². The molecule has 2 heterocycles. The average molecular weight is 347 g/mol. The van der Waals surface area contributed by atoms with Crippen molar-refractivity contribution in [2.45, 2.75) is 49.5 Å². The second kappa shape index (κ2) is 5.48. The zero-order valence-electron chi connectivity index (χ0n) is 14.1.